The molecule has 1 unspecified atom stereocenters. The van der Waals surface area contributed by atoms with E-state index in [1.165, 1.54) is 0 Å². The van der Waals surface area contributed by atoms with Crippen molar-refractivity contribution in [1.82, 2.24) is 19.9 Å². The maximum Gasteiger partial charge on any atom is 0.316 e. The first kappa shape index (κ1) is 17.7. The van der Waals surface area contributed by atoms with Crippen molar-refractivity contribution >= 4 is 11.7 Å². The van der Waals surface area contributed by atoms with Crippen molar-refractivity contribution in [3.8, 4) is 6.01 Å². The third kappa shape index (κ3) is 4.35. The summed E-state index contributed by atoms with van der Waals surface area (Å²) >= 11 is 0. The molecule has 27 heavy (non-hydrogen) atoms. The second-order valence-corrected chi connectivity index (χ2v) is 7.15. The zero-order valence-corrected chi connectivity index (χ0v) is 15.4. The molecule has 2 aromatic heterocycles. The van der Waals surface area contributed by atoms with Crippen molar-refractivity contribution in [2.75, 3.05) is 31.1 Å². The molecule has 4 heterocycles. The lowest BCUT2D eigenvalue weighted by molar-refractivity contribution is -0.137. The van der Waals surface area contributed by atoms with Gasteiger partial charge in [0.25, 0.3) is 0 Å². The minimum Gasteiger partial charge on any atom is -0.460 e. The second kappa shape index (κ2) is 8.33. The van der Waals surface area contributed by atoms with Crippen molar-refractivity contribution in [3.63, 3.8) is 0 Å². The van der Waals surface area contributed by atoms with Gasteiger partial charge in [-0.15, -0.1) is 0 Å². The molecule has 0 aromatic carbocycles. The number of hydrogen-bond acceptors (Lipinski definition) is 6. The molecule has 2 saturated heterocycles. The van der Waals surface area contributed by atoms with E-state index in [1.54, 1.807) is 18.5 Å². The summed E-state index contributed by atoms with van der Waals surface area (Å²) in [7, 11) is 0. The quantitative estimate of drug-likeness (QED) is 0.825. The second-order valence-electron chi connectivity index (χ2n) is 7.15. The first-order valence-electron chi connectivity index (χ1n) is 9.68. The van der Waals surface area contributed by atoms with Crippen LogP contribution in [-0.4, -0.2) is 58.0 Å². The van der Waals surface area contributed by atoms with Crippen LogP contribution < -0.4 is 9.64 Å². The number of aromatic nitrogens is 3. The Bertz CT molecular complexity index is 735. The normalized spacial score (nSPS) is 21.1. The first-order valence-corrected chi connectivity index (χ1v) is 9.68. The molecule has 2 aliphatic rings. The zero-order valence-electron chi connectivity index (χ0n) is 15.4. The van der Waals surface area contributed by atoms with Crippen molar-refractivity contribution in [2.45, 2.75) is 31.8 Å². The van der Waals surface area contributed by atoms with E-state index in [4.69, 9.17) is 4.74 Å². The highest BCUT2D eigenvalue weighted by Gasteiger charge is 2.32. The van der Waals surface area contributed by atoms with E-state index in [1.807, 2.05) is 29.3 Å². The monoisotopic (exact) mass is 367 g/mol. The molecule has 0 saturated carbocycles. The van der Waals surface area contributed by atoms with Gasteiger partial charge in [0.05, 0.1) is 5.92 Å². The molecule has 7 nitrogen and oxygen atoms in total. The molecule has 0 radical (unpaired) electrons. The minimum absolute atomic E-state index is 0.0516. The SMILES string of the molecule is O=C(C1CCCN(c2ccccn2)C1)N1CCC(Oc2ncccn2)CC1. The summed E-state index contributed by atoms with van der Waals surface area (Å²) in [5.74, 6) is 1.28. The van der Waals surface area contributed by atoms with Crippen LogP contribution >= 0.6 is 0 Å². The van der Waals surface area contributed by atoms with Gasteiger partial charge in [-0.05, 0) is 31.0 Å². The Morgan fingerprint density at radius 3 is 2.48 bits per heavy atom. The average molecular weight is 367 g/mol. The highest BCUT2D eigenvalue weighted by Crippen LogP contribution is 2.25. The van der Waals surface area contributed by atoms with Crippen LogP contribution in [0.3, 0.4) is 0 Å². The molecule has 1 atom stereocenters. The van der Waals surface area contributed by atoms with Crippen LogP contribution in [-0.2, 0) is 4.79 Å². The molecule has 0 bridgehead atoms. The van der Waals surface area contributed by atoms with Gasteiger partial charge < -0.3 is 14.5 Å². The van der Waals surface area contributed by atoms with E-state index >= 15 is 0 Å². The fraction of sp³-hybridized carbons (Fsp3) is 0.500. The highest BCUT2D eigenvalue weighted by atomic mass is 16.5. The van der Waals surface area contributed by atoms with Gasteiger partial charge in [0.1, 0.15) is 11.9 Å². The minimum atomic E-state index is 0.0516. The van der Waals surface area contributed by atoms with Crippen LogP contribution in [0.25, 0.3) is 0 Å². The van der Waals surface area contributed by atoms with E-state index in [0.717, 1.165) is 57.7 Å². The predicted molar refractivity (Wildman–Crippen MR) is 101 cm³/mol. The number of ether oxygens (including phenoxy) is 1. The number of carbonyl (C=O) groups excluding carboxylic acids is 1. The molecule has 142 valence electrons. The van der Waals surface area contributed by atoms with E-state index in [-0.39, 0.29) is 17.9 Å². The van der Waals surface area contributed by atoms with Crippen molar-refractivity contribution in [3.05, 3.63) is 42.9 Å². The Morgan fingerprint density at radius 1 is 0.963 bits per heavy atom. The van der Waals surface area contributed by atoms with Crippen LogP contribution in [0.15, 0.2) is 42.9 Å². The third-order valence-electron chi connectivity index (χ3n) is 5.31. The van der Waals surface area contributed by atoms with E-state index in [9.17, 15) is 4.79 Å². The average Bonchev–Trinajstić information content (AvgIpc) is 2.75. The number of rotatable bonds is 4. The van der Waals surface area contributed by atoms with Crippen LogP contribution in [0.5, 0.6) is 6.01 Å². The topological polar surface area (TPSA) is 71.5 Å². The Kier molecular flexibility index (Phi) is 5.46. The molecule has 0 N–H and O–H groups in total. The number of carbonyl (C=O) groups is 1. The number of piperidine rings is 2. The highest BCUT2D eigenvalue weighted by molar-refractivity contribution is 5.79. The third-order valence-corrected chi connectivity index (χ3v) is 5.31. The van der Waals surface area contributed by atoms with Crippen molar-refractivity contribution in [2.24, 2.45) is 5.92 Å². The molecular formula is C20H25N5O2. The smallest absolute Gasteiger partial charge is 0.316 e. The van der Waals surface area contributed by atoms with Gasteiger partial charge >= 0.3 is 6.01 Å². The molecule has 2 aliphatic heterocycles. The molecular weight excluding hydrogens is 342 g/mol. The van der Waals surface area contributed by atoms with E-state index in [2.05, 4.69) is 19.9 Å². The summed E-state index contributed by atoms with van der Waals surface area (Å²) in [5.41, 5.74) is 0. The van der Waals surface area contributed by atoms with Gasteiger partial charge in [-0.3, -0.25) is 4.79 Å². The largest absolute Gasteiger partial charge is 0.460 e. The molecule has 1 amide bonds. The number of amides is 1. The van der Waals surface area contributed by atoms with Crippen LogP contribution in [0.4, 0.5) is 5.82 Å². The lowest BCUT2D eigenvalue weighted by Gasteiger charge is -2.38. The fourth-order valence-electron chi connectivity index (χ4n) is 3.88. The Labute approximate surface area is 159 Å². The van der Waals surface area contributed by atoms with Gasteiger partial charge in [-0.25, -0.2) is 15.0 Å². The standard InChI is InChI=1S/C20H25N5O2/c26-19(16-5-3-12-25(15-16)18-6-1-2-9-21-18)24-13-7-17(8-14-24)27-20-22-10-4-11-23-20/h1-2,4,6,9-11,16-17H,3,5,7-8,12-15H2. The lowest BCUT2D eigenvalue weighted by Crippen LogP contribution is -2.48. The summed E-state index contributed by atoms with van der Waals surface area (Å²) in [4.78, 5) is 29.9. The van der Waals surface area contributed by atoms with E-state index < -0.39 is 0 Å². The van der Waals surface area contributed by atoms with Crippen LogP contribution in [0, 0.1) is 5.92 Å². The first-order chi connectivity index (χ1) is 13.3. The number of anilines is 1. The van der Waals surface area contributed by atoms with Gasteiger partial charge in [0.2, 0.25) is 5.91 Å². The van der Waals surface area contributed by atoms with Crippen LogP contribution in [0.1, 0.15) is 25.7 Å². The summed E-state index contributed by atoms with van der Waals surface area (Å²) in [6, 6.07) is 8.12. The van der Waals surface area contributed by atoms with Crippen molar-refractivity contribution < 1.29 is 9.53 Å². The summed E-state index contributed by atoms with van der Waals surface area (Å²) in [6.45, 7) is 3.19. The molecule has 4 rings (SSSR count). The number of nitrogens with zero attached hydrogens (tertiary/aromatic N) is 5. The van der Waals surface area contributed by atoms with E-state index in [0.29, 0.717) is 6.01 Å². The van der Waals surface area contributed by atoms with Gasteiger partial charge in [-0.2, -0.15) is 0 Å². The Balaban J connectivity index is 1.30. The predicted octanol–water partition coefficient (Wildman–Crippen LogP) is 2.16. The molecule has 2 fully saturated rings. The van der Waals surface area contributed by atoms with Gasteiger partial charge in [0.15, 0.2) is 0 Å². The van der Waals surface area contributed by atoms with Gasteiger partial charge in [0, 0.05) is 57.6 Å². The summed E-state index contributed by atoms with van der Waals surface area (Å²) < 4.78 is 5.83. The Hall–Kier alpha value is -2.70. The molecule has 2 aromatic rings. The van der Waals surface area contributed by atoms with Crippen LogP contribution in [0.2, 0.25) is 0 Å². The van der Waals surface area contributed by atoms with Gasteiger partial charge in [-0.1, -0.05) is 6.07 Å². The lowest BCUT2D eigenvalue weighted by atomic mass is 9.95. The maximum atomic E-state index is 13.0. The number of pyridine rings is 1. The Morgan fingerprint density at radius 2 is 1.74 bits per heavy atom. The molecule has 0 spiro atoms. The molecule has 7 heteroatoms. The fourth-order valence-corrected chi connectivity index (χ4v) is 3.88. The summed E-state index contributed by atoms with van der Waals surface area (Å²) in [6.07, 6.45) is 8.86. The summed E-state index contributed by atoms with van der Waals surface area (Å²) in [5, 5.41) is 0. The number of likely N-dealkylation sites (tertiary alicyclic amines) is 1. The maximum absolute atomic E-state index is 13.0. The van der Waals surface area contributed by atoms with Crippen molar-refractivity contribution in [1.29, 1.82) is 0 Å². The molecule has 0 aliphatic carbocycles. The number of hydrogen-bond donors (Lipinski definition) is 0. The zero-order chi connectivity index (χ0) is 18.5.